The van der Waals surface area contributed by atoms with Crippen molar-refractivity contribution in [1.82, 2.24) is 20.5 Å². The van der Waals surface area contributed by atoms with Crippen molar-refractivity contribution in [3.8, 4) is 0 Å². The summed E-state index contributed by atoms with van der Waals surface area (Å²) < 4.78 is 0.789. The highest BCUT2D eigenvalue weighted by Crippen LogP contribution is 2.25. The zero-order valence-corrected chi connectivity index (χ0v) is 15.7. The molecule has 0 saturated heterocycles. The molecular weight excluding hydrogens is 376 g/mol. The first-order valence-corrected chi connectivity index (χ1v) is 9.67. The van der Waals surface area contributed by atoms with Crippen LogP contribution in [-0.4, -0.2) is 26.8 Å². The Balaban J connectivity index is 1.73. The van der Waals surface area contributed by atoms with Crippen molar-refractivity contribution in [3.05, 3.63) is 69.9 Å². The number of halogens is 1. The number of benzene rings is 1. The van der Waals surface area contributed by atoms with E-state index in [9.17, 15) is 4.79 Å². The quantitative estimate of drug-likeness (QED) is 0.646. The number of thioether (sulfide) groups is 1. The molecule has 1 aromatic carbocycles. The number of nitrogens with zero attached hydrogens (tertiary/aromatic N) is 3. The van der Waals surface area contributed by atoms with Crippen molar-refractivity contribution in [2.24, 2.45) is 0 Å². The molecule has 0 fully saturated rings. The summed E-state index contributed by atoms with van der Waals surface area (Å²) in [6.45, 7) is 1.89. The van der Waals surface area contributed by atoms with Crippen molar-refractivity contribution in [2.75, 3.05) is 5.75 Å². The van der Waals surface area contributed by atoms with Gasteiger partial charge in [-0.15, -0.1) is 10.2 Å². The number of aryl methyl sites for hydroxylation is 1. The van der Waals surface area contributed by atoms with Gasteiger partial charge in [-0.05, 0) is 36.2 Å². The van der Waals surface area contributed by atoms with Gasteiger partial charge in [0.05, 0.1) is 11.8 Å². The van der Waals surface area contributed by atoms with Crippen LogP contribution in [0.25, 0.3) is 0 Å². The Morgan fingerprint density at radius 3 is 2.68 bits per heavy atom. The second-order valence-electron chi connectivity index (χ2n) is 5.21. The van der Waals surface area contributed by atoms with Gasteiger partial charge in [-0.3, -0.25) is 9.78 Å². The highest BCUT2D eigenvalue weighted by Gasteiger charge is 2.17. The minimum atomic E-state index is -0.282. The van der Waals surface area contributed by atoms with Crippen LogP contribution in [-0.2, 0) is 4.79 Å². The Morgan fingerprint density at radius 2 is 2.04 bits per heavy atom. The van der Waals surface area contributed by atoms with Crippen LogP contribution < -0.4 is 5.32 Å². The molecule has 1 N–H and O–H groups in total. The van der Waals surface area contributed by atoms with Crippen molar-refractivity contribution >= 4 is 40.6 Å². The Bertz CT molecular complexity index is 839. The summed E-state index contributed by atoms with van der Waals surface area (Å²) in [5.41, 5.74) is 1.86. The maximum absolute atomic E-state index is 12.4. The van der Waals surface area contributed by atoms with Crippen LogP contribution in [0.5, 0.6) is 0 Å². The van der Waals surface area contributed by atoms with Gasteiger partial charge in [0.2, 0.25) is 5.91 Å². The molecule has 128 valence electrons. The largest absolute Gasteiger partial charge is 0.344 e. The molecule has 3 rings (SSSR count). The molecule has 1 amide bonds. The van der Waals surface area contributed by atoms with Crippen LogP contribution in [0.1, 0.15) is 22.2 Å². The summed E-state index contributed by atoms with van der Waals surface area (Å²) in [5, 5.41) is 12.6. The second-order valence-corrected chi connectivity index (χ2v) is 8.05. The summed E-state index contributed by atoms with van der Waals surface area (Å²) in [6, 6.07) is 10.9. The minimum absolute atomic E-state index is 0.0818. The first-order chi connectivity index (χ1) is 12.1. The minimum Gasteiger partial charge on any atom is -0.344 e. The van der Waals surface area contributed by atoms with E-state index in [-0.39, 0.29) is 17.7 Å². The van der Waals surface area contributed by atoms with E-state index in [4.69, 9.17) is 11.6 Å². The first kappa shape index (κ1) is 17.8. The van der Waals surface area contributed by atoms with E-state index in [0.717, 1.165) is 20.5 Å². The lowest BCUT2D eigenvalue weighted by molar-refractivity contribution is -0.119. The van der Waals surface area contributed by atoms with Gasteiger partial charge in [0.25, 0.3) is 0 Å². The number of carbonyl (C=O) groups is 1. The van der Waals surface area contributed by atoms with Gasteiger partial charge in [-0.2, -0.15) is 0 Å². The fourth-order valence-corrected chi connectivity index (χ4v) is 3.98. The molecule has 0 spiro atoms. The van der Waals surface area contributed by atoms with E-state index < -0.39 is 0 Å². The van der Waals surface area contributed by atoms with E-state index in [2.05, 4.69) is 20.5 Å². The topological polar surface area (TPSA) is 67.8 Å². The smallest absolute Gasteiger partial charge is 0.231 e. The van der Waals surface area contributed by atoms with Crippen LogP contribution in [0.3, 0.4) is 0 Å². The Morgan fingerprint density at radius 1 is 1.24 bits per heavy atom. The molecule has 0 bridgehead atoms. The summed E-state index contributed by atoms with van der Waals surface area (Å²) in [5.74, 6) is 0.195. The van der Waals surface area contributed by atoms with E-state index in [1.807, 2.05) is 43.3 Å². The number of pyridine rings is 1. The lowest BCUT2D eigenvalue weighted by atomic mass is 10.0. The Hall–Kier alpha value is -1.96. The summed E-state index contributed by atoms with van der Waals surface area (Å²) >= 11 is 8.83. The second kappa shape index (κ2) is 8.42. The highest BCUT2D eigenvalue weighted by molar-refractivity contribution is 8.01. The molecule has 2 aromatic heterocycles. The van der Waals surface area contributed by atoms with Crippen LogP contribution >= 0.6 is 34.7 Å². The van der Waals surface area contributed by atoms with Gasteiger partial charge in [-0.25, -0.2) is 0 Å². The number of aromatic nitrogens is 3. The first-order valence-electron chi connectivity index (χ1n) is 7.49. The van der Waals surface area contributed by atoms with Gasteiger partial charge < -0.3 is 5.32 Å². The third kappa shape index (κ3) is 5.01. The van der Waals surface area contributed by atoms with E-state index >= 15 is 0 Å². The average molecular weight is 391 g/mol. The molecular formula is C17H15ClN4OS2. The average Bonchev–Trinajstić information content (AvgIpc) is 3.05. The van der Waals surface area contributed by atoms with Gasteiger partial charge >= 0.3 is 0 Å². The summed E-state index contributed by atoms with van der Waals surface area (Å²) in [4.78, 5) is 16.6. The molecule has 1 atom stereocenters. The molecule has 2 heterocycles. The molecule has 0 aliphatic heterocycles. The standard InChI is InChI=1S/C17H15ClN4OS2/c1-11-21-22-17(25-11)24-10-15(23)20-16(13-3-2-8-19-9-13)12-4-6-14(18)7-5-12/h2-9,16H,10H2,1H3,(H,20,23). The third-order valence-corrected chi connectivity index (χ3v) is 5.58. The number of carbonyl (C=O) groups excluding carboxylic acids is 1. The Kier molecular flexibility index (Phi) is 6.01. The molecule has 0 aliphatic rings. The maximum Gasteiger partial charge on any atom is 0.231 e. The number of rotatable bonds is 6. The molecule has 3 aromatic rings. The monoisotopic (exact) mass is 390 g/mol. The molecule has 25 heavy (non-hydrogen) atoms. The molecule has 1 unspecified atom stereocenters. The van der Waals surface area contributed by atoms with Crippen LogP contribution in [0.2, 0.25) is 5.02 Å². The van der Waals surface area contributed by atoms with Crippen molar-refractivity contribution in [2.45, 2.75) is 17.3 Å². The molecule has 0 radical (unpaired) electrons. The van der Waals surface area contributed by atoms with E-state index in [0.29, 0.717) is 5.02 Å². The van der Waals surface area contributed by atoms with E-state index in [1.165, 1.54) is 23.1 Å². The Labute approximate surface area is 158 Å². The SMILES string of the molecule is Cc1nnc(SCC(=O)NC(c2ccc(Cl)cc2)c2cccnc2)s1. The lowest BCUT2D eigenvalue weighted by Gasteiger charge is -2.19. The molecule has 5 nitrogen and oxygen atoms in total. The van der Waals surface area contributed by atoms with Gasteiger partial charge in [0, 0.05) is 17.4 Å². The van der Waals surface area contributed by atoms with Crippen molar-refractivity contribution in [1.29, 1.82) is 0 Å². The molecule has 8 heteroatoms. The third-order valence-electron chi connectivity index (χ3n) is 3.36. The highest BCUT2D eigenvalue weighted by atomic mass is 35.5. The van der Waals surface area contributed by atoms with Gasteiger partial charge in [-0.1, -0.05) is 52.9 Å². The van der Waals surface area contributed by atoms with Crippen molar-refractivity contribution < 1.29 is 4.79 Å². The number of hydrogen-bond acceptors (Lipinski definition) is 6. The van der Waals surface area contributed by atoms with Gasteiger partial charge in [0.1, 0.15) is 5.01 Å². The normalized spacial score (nSPS) is 11.9. The van der Waals surface area contributed by atoms with Crippen molar-refractivity contribution in [3.63, 3.8) is 0 Å². The van der Waals surface area contributed by atoms with E-state index in [1.54, 1.807) is 12.4 Å². The fourth-order valence-electron chi connectivity index (χ4n) is 2.23. The summed E-state index contributed by atoms with van der Waals surface area (Å²) in [7, 11) is 0. The lowest BCUT2D eigenvalue weighted by Crippen LogP contribution is -2.30. The predicted octanol–water partition coefficient (Wildman–Crippen LogP) is 3.89. The number of hydrogen-bond donors (Lipinski definition) is 1. The predicted molar refractivity (Wildman–Crippen MR) is 101 cm³/mol. The zero-order valence-electron chi connectivity index (χ0n) is 13.3. The van der Waals surface area contributed by atoms with Crippen LogP contribution in [0.4, 0.5) is 0 Å². The van der Waals surface area contributed by atoms with Crippen LogP contribution in [0, 0.1) is 6.92 Å². The molecule has 0 saturated carbocycles. The fraction of sp³-hybridized carbons (Fsp3) is 0.176. The van der Waals surface area contributed by atoms with Crippen LogP contribution in [0.15, 0.2) is 53.1 Å². The molecule has 0 aliphatic carbocycles. The zero-order chi connectivity index (χ0) is 17.6. The number of nitrogens with one attached hydrogen (secondary N) is 1. The summed E-state index contributed by atoms with van der Waals surface area (Å²) in [6.07, 6.45) is 3.46. The number of amides is 1. The maximum atomic E-state index is 12.4. The van der Waals surface area contributed by atoms with Gasteiger partial charge in [0.15, 0.2) is 4.34 Å².